The molecule has 1 aliphatic rings. The number of methoxy groups -OCH3 is 1. The van der Waals surface area contributed by atoms with Gasteiger partial charge in [0.15, 0.2) is 5.96 Å². The van der Waals surface area contributed by atoms with Crippen LogP contribution in [0.15, 0.2) is 29.3 Å². The maximum Gasteiger partial charge on any atom is 0.193 e. The number of nitrogens with one attached hydrogen (secondary N) is 1. The molecule has 1 aliphatic heterocycles. The zero-order chi connectivity index (χ0) is 19.5. The van der Waals surface area contributed by atoms with Gasteiger partial charge < -0.3 is 24.6 Å². The van der Waals surface area contributed by atoms with Crippen molar-refractivity contribution in [1.82, 2.24) is 10.2 Å². The van der Waals surface area contributed by atoms with Crippen molar-refractivity contribution in [2.24, 2.45) is 10.9 Å². The molecule has 0 bridgehead atoms. The van der Waals surface area contributed by atoms with Gasteiger partial charge in [-0.25, -0.2) is 0 Å². The number of likely N-dealkylation sites (N-methyl/N-ethyl adjacent to an activating group) is 1. The average Bonchev–Trinajstić information content (AvgIpc) is 3.14. The van der Waals surface area contributed by atoms with Crippen LogP contribution in [-0.4, -0.2) is 77.6 Å². The van der Waals surface area contributed by atoms with Gasteiger partial charge in [0.25, 0.3) is 0 Å². The van der Waals surface area contributed by atoms with Gasteiger partial charge in [0.1, 0.15) is 0 Å². The molecule has 2 rings (SSSR count). The van der Waals surface area contributed by atoms with Crippen LogP contribution in [0.1, 0.15) is 18.9 Å². The number of anilines is 1. The van der Waals surface area contributed by atoms with Crippen molar-refractivity contribution in [3.63, 3.8) is 0 Å². The normalized spacial score (nSPS) is 17.4. The second-order valence-electron chi connectivity index (χ2n) is 7.06. The Bertz CT molecular complexity index is 579. The maximum atomic E-state index is 5.69. The summed E-state index contributed by atoms with van der Waals surface area (Å²) in [5.74, 6) is 1.56. The SMILES string of the molecule is CCN(CCNC(=NC)N1CCC(COCCOC)C1)c1cccc(C)c1. The van der Waals surface area contributed by atoms with Crippen LogP contribution in [-0.2, 0) is 9.47 Å². The standard InChI is InChI=1S/C21H36N4O2/c1-5-24(20-8-6-7-18(2)15-20)12-10-23-21(22-3)25-11-9-19(16-25)17-27-14-13-26-4/h6-8,15,19H,5,9-14,16-17H2,1-4H3,(H,22,23). The second-order valence-corrected chi connectivity index (χ2v) is 7.06. The number of nitrogens with zero attached hydrogens (tertiary/aromatic N) is 3. The lowest BCUT2D eigenvalue weighted by atomic mass is 10.1. The minimum absolute atomic E-state index is 0.569. The van der Waals surface area contributed by atoms with E-state index in [1.165, 1.54) is 11.3 Å². The van der Waals surface area contributed by atoms with Crippen LogP contribution >= 0.6 is 0 Å². The molecule has 6 nitrogen and oxygen atoms in total. The molecule has 0 amide bonds. The number of guanidine groups is 1. The fourth-order valence-electron chi connectivity index (χ4n) is 3.48. The van der Waals surface area contributed by atoms with E-state index < -0.39 is 0 Å². The summed E-state index contributed by atoms with van der Waals surface area (Å²) in [4.78, 5) is 9.21. The highest BCUT2D eigenvalue weighted by atomic mass is 16.5. The molecule has 1 saturated heterocycles. The lowest BCUT2D eigenvalue weighted by Gasteiger charge is -2.26. The molecule has 152 valence electrons. The van der Waals surface area contributed by atoms with Crippen molar-refractivity contribution >= 4 is 11.6 Å². The molecular weight excluding hydrogens is 340 g/mol. The van der Waals surface area contributed by atoms with Gasteiger partial charge >= 0.3 is 0 Å². The molecule has 0 aromatic heterocycles. The summed E-state index contributed by atoms with van der Waals surface area (Å²) in [7, 11) is 3.57. The van der Waals surface area contributed by atoms with Gasteiger partial charge in [-0.15, -0.1) is 0 Å². The van der Waals surface area contributed by atoms with Gasteiger partial charge in [-0.1, -0.05) is 12.1 Å². The summed E-state index contributed by atoms with van der Waals surface area (Å²) in [6.45, 7) is 11.3. The van der Waals surface area contributed by atoms with Crippen LogP contribution in [0.2, 0.25) is 0 Å². The molecule has 1 aromatic rings. The lowest BCUT2D eigenvalue weighted by Crippen LogP contribution is -2.43. The van der Waals surface area contributed by atoms with Crippen LogP contribution in [0.3, 0.4) is 0 Å². The topological polar surface area (TPSA) is 49.3 Å². The molecule has 1 aromatic carbocycles. The molecule has 0 radical (unpaired) electrons. The molecular formula is C21H36N4O2. The Labute approximate surface area is 164 Å². The van der Waals surface area contributed by atoms with E-state index in [4.69, 9.17) is 9.47 Å². The molecule has 0 spiro atoms. The number of rotatable bonds is 10. The largest absolute Gasteiger partial charge is 0.382 e. The zero-order valence-corrected chi connectivity index (χ0v) is 17.4. The van der Waals surface area contributed by atoms with Gasteiger partial charge in [-0.05, 0) is 38.0 Å². The number of aryl methyl sites for hydroxylation is 1. The van der Waals surface area contributed by atoms with Crippen LogP contribution in [0.25, 0.3) is 0 Å². The van der Waals surface area contributed by atoms with Gasteiger partial charge in [0, 0.05) is 58.5 Å². The maximum absolute atomic E-state index is 5.69. The molecule has 0 aliphatic carbocycles. The van der Waals surface area contributed by atoms with Crippen molar-refractivity contribution in [3.05, 3.63) is 29.8 Å². The molecule has 1 fully saturated rings. The highest BCUT2D eigenvalue weighted by Gasteiger charge is 2.24. The number of hydrogen-bond donors (Lipinski definition) is 1. The summed E-state index contributed by atoms with van der Waals surface area (Å²) in [5, 5.41) is 3.53. The number of benzene rings is 1. The van der Waals surface area contributed by atoms with Crippen molar-refractivity contribution in [2.75, 3.05) is 71.6 Å². The van der Waals surface area contributed by atoms with E-state index in [0.29, 0.717) is 19.1 Å². The van der Waals surface area contributed by atoms with Crippen LogP contribution in [0.5, 0.6) is 0 Å². The van der Waals surface area contributed by atoms with Gasteiger partial charge in [-0.3, -0.25) is 4.99 Å². The van der Waals surface area contributed by atoms with Crippen LogP contribution < -0.4 is 10.2 Å². The highest BCUT2D eigenvalue weighted by Crippen LogP contribution is 2.17. The Kier molecular flexibility index (Phi) is 9.42. The molecule has 1 heterocycles. The minimum atomic E-state index is 0.569. The Hall–Kier alpha value is -1.79. The monoisotopic (exact) mass is 376 g/mol. The van der Waals surface area contributed by atoms with E-state index in [9.17, 15) is 0 Å². The zero-order valence-electron chi connectivity index (χ0n) is 17.4. The summed E-state index contributed by atoms with van der Waals surface area (Å²) >= 11 is 0. The van der Waals surface area contributed by atoms with E-state index in [2.05, 4.69) is 58.2 Å². The predicted octanol–water partition coefficient (Wildman–Crippen LogP) is 2.38. The Morgan fingerprint density at radius 2 is 2.22 bits per heavy atom. The predicted molar refractivity (Wildman–Crippen MR) is 113 cm³/mol. The second kappa shape index (κ2) is 11.8. The smallest absolute Gasteiger partial charge is 0.193 e. The first-order valence-electron chi connectivity index (χ1n) is 10.0. The first kappa shape index (κ1) is 21.5. The van der Waals surface area contributed by atoms with Crippen molar-refractivity contribution in [2.45, 2.75) is 20.3 Å². The third kappa shape index (κ3) is 7.03. The Morgan fingerprint density at radius 3 is 2.93 bits per heavy atom. The van der Waals surface area contributed by atoms with E-state index >= 15 is 0 Å². The minimum Gasteiger partial charge on any atom is -0.382 e. The fraction of sp³-hybridized carbons (Fsp3) is 0.667. The van der Waals surface area contributed by atoms with Crippen molar-refractivity contribution in [3.8, 4) is 0 Å². The quantitative estimate of drug-likeness (QED) is 0.386. The Morgan fingerprint density at radius 1 is 1.37 bits per heavy atom. The molecule has 6 heteroatoms. The van der Waals surface area contributed by atoms with E-state index in [1.807, 2.05) is 7.05 Å². The lowest BCUT2D eigenvalue weighted by molar-refractivity contribution is 0.0536. The van der Waals surface area contributed by atoms with Crippen LogP contribution in [0.4, 0.5) is 5.69 Å². The molecule has 1 atom stereocenters. The average molecular weight is 377 g/mol. The summed E-state index contributed by atoms with van der Waals surface area (Å²) < 4.78 is 10.7. The Balaban J connectivity index is 1.75. The van der Waals surface area contributed by atoms with Gasteiger partial charge in [0.05, 0.1) is 19.8 Å². The molecule has 27 heavy (non-hydrogen) atoms. The molecule has 1 N–H and O–H groups in total. The number of likely N-dealkylation sites (tertiary alicyclic amines) is 1. The summed E-state index contributed by atoms with van der Waals surface area (Å²) in [6, 6.07) is 8.69. The van der Waals surface area contributed by atoms with E-state index in [0.717, 1.165) is 51.7 Å². The first-order chi connectivity index (χ1) is 13.2. The summed E-state index contributed by atoms with van der Waals surface area (Å²) in [6.07, 6.45) is 1.15. The van der Waals surface area contributed by atoms with Crippen LogP contribution in [0, 0.1) is 12.8 Å². The van der Waals surface area contributed by atoms with E-state index in [1.54, 1.807) is 7.11 Å². The molecule has 1 unspecified atom stereocenters. The highest BCUT2D eigenvalue weighted by molar-refractivity contribution is 5.80. The van der Waals surface area contributed by atoms with Gasteiger partial charge in [-0.2, -0.15) is 0 Å². The number of ether oxygens (including phenoxy) is 2. The van der Waals surface area contributed by atoms with Gasteiger partial charge in [0.2, 0.25) is 0 Å². The summed E-state index contributed by atoms with van der Waals surface area (Å²) in [5.41, 5.74) is 2.58. The fourth-order valence-corrected chi connectivity index (χ4v) is 3.48. The van der Waals surface area contributed by atoms with Crippen molar-refractivity contribution < 1.29 is 9.47 Å². The van der Waals surface area contributed by atoms with Crippen molar-refractivity contribution in [1.29, 1.82) is 0 Å². The van der Waals surface area contributed by atoms with E-state index in [-0.39, 0.29) is 0 Å². The molecule has 0 saturated carbocycles. The third-order valence-corrected chi connectivity index (χ3v) is 5.00. The number of hydrogen-bond acceptors (Lipinski definition) is 4. The first-order valence-corrected chi connectivity index (χ1v) is 10.0. The number of aliphatic imine (C=N–C) groups is 1. The third-order valence-electron chi connectivity index (χ3n) is 5.00.